The third-order valence-electron chi connectivity index (χ3n) is 11.5. The molecule has 0 aliphatic heterocycles. The van der Waals surface area contributed by atoms with Crippen LogP contribution in [0.5, 0.6) is 0 Å². The molecule has 0 aliphatic carbocycles. The van der Waals surface area contributed by atoms with E-state index in [0.29, 0.717) is 17.5 Å². The molecule has 0 fully saturated rings. The maximum Gasteiger partial charge on any atom is 0.164 e. The average Bonchev–Trinajstić information content (AvgIpc) is 4.00. The van der Waals surface area contributed by atoms with Crippen LogP contribution in [0.25, 0.3) is 106 Å². The van der Waals surface area contributed by atoms with Crippen LogP contribution >= 0.6 is 0 Å². The van der Waals surface area contributed by atoms with E-state index in [-0.39, 0.29) is 0 Å². The van der Waals surface area contributed by atoms with Crippen LogP contribution in [0.4, 0.5) is 0 Å². The Morgan fingerprint density at radius 2 is 0.831 bits per heavy atom. The molecule has 0 spiro atoms. The number of aromatic nitrogens is 6. The summed E-state index contributed by atoms with van der Waals surface area (Å²) in [7, 11) is 0. The van der Waals surface area contributed by atoms with E-state index < -0.39 is 0 Å². The van der Waals surface area contributed by atoms with Crippen LogP contribution in [0, 0.1) is 0 Å². The number of fused-ring (bicyclic) bond motifs is 9. The first-order valence-electron chi connectivity index (χ1n) is 19.9. The van der Waals surface area contributed by atoms with Crippen molar-refractivity contribution in [3.05, 3.63) is 206 Å². The van der Waals surface area contributed by atoms with Crippen LogP contribution in [0.2, 0.25) is 0 Å². The van der Waals surface area contributed by atoms with Crippen LogP contribution in [0.1, 0.15) is 0 Å². The summed E-state index contributed by atoms with van der Waals surface area (Å²) in [6, 6.07) is 70.4. The van der Waals surface area contributed by atoms with Crippen LogP contribution in [0.15, 0.2) is 206 Å². The average molecular weight is 755 g/mol. The molecule has 0 radical (unpaired) electrons. The van der Waals surface area contributed by atoms with Crippen molar-refractivity contribution in [3.8, 4) is 51.2 Å². The van der Waals surface area contributed by atoms with Crippen molar-refractivity contribution in [2.75, 3.05) is 0 Å². The van der Waals surface area contributed by atoms with Crippen molar-refractivity contribution in [1.29, 1.82) is 0 Å². The van der Waals surface area contributed by atoms with Gasteiger partial charge in [-0.3, -0.25) is 0 Å². The van der Waals surface area contributed by atoms with E-state index in [2.05, 4.69) is 159 Å². The molecule has 4 heterocycles. The zero-order valence-electron chi connectivity index (χ0n) is 31.8. The van der Waals surface area contributed by atoms with Gasteiger partial charge in [0.25, 0.3) is 0 Å². The second-order valence-corrected chi connectivity index (χ2v) is 14.9. The quantitative estimate of drug-likeness (QED) is 0.170. The largest absolute Gasteiger partial charge is 0.316 e. The first-order chi connectivity index (χ1) is 29.3. The Bertz CT molecular complexity index is 3470. The predicted molar refractivity (Wildman–Crippen MR) is 242 cm³/mol. The molecule has 276 valence electrons. The van der Waals surface area contributed by atoms with Gasteiger partial charge in [0.15, 0.2) is 17.5 Å². The molecule has 12 rings (SSSR count). The topological polar surface area (TPSA) is 53.5 Å². The molecule has 12 aromatic rings. The van der Waals surface area contributed by atoms with Gasteiger partial charge in [-0.1, -0.05) is 133 Å². The fraction of sp³-hybridized carbons (Fsp3) is 0. The summed E-state index contributed by atoms with van der Waals surface area (Å²) in [4.78, 5) is 15.1. The van der Waals surface area contributed by atoms with E-state index in [1.807, 2.05) is 60.7 Å². The SMILES string of the molecule is c1ccc(-c2nc(-c3ccccc3)nc(-c3cccc(-n4c5ccccc5c5ccc6c(c7ccc8c(ccn8-c8ccccc8)c7n6-c6ccccc6)c54)c3)n2)cc1. The Hall–Kier alpha value is -8.09. The molecule has 0 atom stereocenters. The van der Waals surface area contributed by atoms with Crippen molar-refractivity contribution in [2.24, 2.45) is 0 Å². The van der Waals surface area contributed by atoms with Crippen LogP contribution in [0.3, 0.4) is 0 Å². The summed E-state index contributed by atoms with van der Waals surface area (Å²) in [5, 5.41) is 6.00. The molecule has 0 bridgehead atoms. The van der Waals surface area contributed by atoms with Gasteiger partial charge in [0.05, 0.1) is 27.6 Å². The van der Waals surface area contributed by atoms with E-state index in [9.17, 15) is 0 Å². The molecule has 0 N–H and O–H groups in total. The Morgan fingerprint density at radius 3 is 1.53 bits per heavy atom. The van der Waals surface area contributed by atoms with E-state index in [4.69, 9.17) is 15.0 Å². The molecule has 4 aromatic heterocycles. The number of nitrogens with zero attached hydrogens (tertiary/aromatic N) is 6. The number of rotatable bonds is 6. The highest BCUT2D eigenvalue weighted by atomic mass is 15.0. The minimum Gasteiger partial charge on any atom is -0.316 e. The highest BCUT2D eigenvalue weighted by molar-refractivity contribution is 6.29. The van der Waals surface area contributed by atoms with Crippen molar-refractivity contribution >= 4 is 54.5 Å². The second-order valence-electron chi connectivity index (χ2n) is 14.9. The molecule has 0 saturated carbocycles. The van der Waals surface area contributed by atoms with Gasteiger partial charge in [0, 0.05) is 66.9 Å². The van der Waals surface area contributed by atoms with E-state index in [1.54, 1.807) is 0 Å². The van der Waals surface area contributed by atoms with Gasteiger partial charge < -0.3 is 13.7 Å². The van der Waals surface area contributed by atoms with Crippen molar-refractivity contribution in [2.45, 2.75) is 0 Å². The lowest BCUT2D eigenvalue weighted by atomic mass is 10.1. The first kappa shape index (κ1) is 33.1. The van der Waals surface area contributed by atoms with Gasteiger partial charge in [-0.25, -0.2) is 15.0 Å². The third-order valence-corrected chi connectivity index (χ3v) is 11.5. The summed E-state index contributed by atoms with van der Waals surface area (Å²) < 4.78 is 7.16. The molecule has 59 heavy (non-hydrogen) atoms. The van der Waals surface area contributed by atoms with Gasteiger partial charge in [-0.05, 0) is 66.7 Å². The lowest BCUT2D eigenvalue weighted by molar-refractivity contribution is 1.07. The highest BCUT2D eigenvalue weighted by Crippen LogP contribution is 2.44. The van der Waals surface area contributed by atoms with Crippen LogP contribution < -0.4 is 0 Å². The lowest BCUT2D eigenvalue weighted by Crippen LogP contribution is -2.01. The lowest BCUT2D eigenvalue weighted by Gasteiger charge is -2.12. The fourth-order valence-electron chi connectivity index (χ4n) is 8.91. The van der Waals surface area contributed by atoms with Crippen molar-refractivity contribution in [1.82, 2.24) is 28.7 Å². The summed E-state index contributed by atoms with van der Waals surface area (Å²) in [5.41, 5.74) is 11.9. The molecule has 0 unspecified atom stereocenters. The Morgan fingerprint density at radius 1 is 0.305 bits per heavy atom. The van der Waals surface area contributed by atoms with Crippen LogP contribution in [-0.4, -0.2) is 28.7 Å². The summed E-state index contributed by atoms with van der Waals surface area (Å²) in [5.74, 6) is 1.90. The molecule has 0 aliphatic rings. The fourth-order valence-corrected chi connectivity index (χ4v) is 8.91. The van der Waals surface area contributed by atoms with Crippen molar-refractivity contribution < 1.29 is 0 Å². The van der Waals surface area contributed by atoms with E-state index in [1.165, 1.54) is 32.4 Å². The van der Waals surface area contributed by atoms with Gasteiger partial charge in [0.1, 0.15) is 0 Å². The Balaban J connectivity index is 1.15. The summed E-state index contributed by atoms with van der Waals surface area (Å²) in [6.07, 6.45) is 2.19. The number of para-hydroxylation sites is 3. The molecule has 6 heteroatoms. The Labute approximate surface area is 339 Å². The van der Waals surface area contributed by atoms with Gasteiger partial charge in [-0.15, -0.1) is 0 Å². The Kier molecular flexibility index (Phi) is 7.43. The standard InChI is InChI=1S/C53H34N6/c1-5-16-35(17-6-1)51-54-52(36-18-7-2-8-19-36)56-53(55-51)37-20-15-25-40(34-37)59-46-27-14-13-26-41(46)42-28-31-47-48(50(42)59)44-29-30-45-43(32-33-57(45)38-21-9-3-10-22-38)49(44)58(47)39-23-11-4-12-24-39/h1-34H. The van der Waals surface area contributed by atoms with Gasteiger partial charge in [0.2, 0.25) is 0 Å². The van der Waals surface area contributed by atoms with E-state index >= 15 is 0 Å². The third kappa shape index (κ3) is 5.24. The first-order valence-corrected chi connectivity index (χ1v) is 19.9. The predicted octanol–water partition coefficient (Wildman–Crippen LogP) is 13.0. The maximum absolute atomic E-state index is 5.09. The molecule has 6 nitrogen and oxygen atoms in total. The molecule has 8 aromatic carbocycles. The molecule has 0 saturated heterocycles. The number of hydrogen-bond acceptors (Lipinski definition) is 3. The number of hydrogen-bond donors (Lipinski definition) is 0. The monoisotopic (exact) mass is 754 g/mol. The highest BCUT2D eigenvalue weighted by Gasteiger charge is 2.23. The molecular formula is C53H34N6. The zero-order valence-corrected chi connectivity index (χ0v) is 31.8. The van der Waals surface area contributed by atoms with Crippen molar-refractivity contribution in [3.63, 3.8) is 0 Å². The second kappa shape index (κ2) is 13.3. The zero-order chi connectivity index (χ0) is 38.9. The summed E-state index contributed by atoms with van der Waals surface area (Å²) in [6.45, 7) is 0. The maximum atomic E-state index is 5.09. The normalized spacial score (nSPS) is 11.7. The van der Waals surface area contributed by atoms with E-state index in [0.717, 1.165) is 55.8 Å². The minimum atomic E-state index is 0.622. The molecular weight excluding hydrogens is 721 g/mol. The van der Waals surface area contributed by atoms with Crippen LogP contribution in [-0.2, 0) is 0 Å². The number of benzene rings is 8. The van der Waals surface area contributed by atoms with Gasteiger partial charge in [-0.2, -0.15) is 0 Å². The smallest absolute Gasteiger partial charge is 0.164 e. The van der Waals surface area contributed by atoms with Gasteiger partial charge >= 0.3 is 0 Å². The molecule has 0 amide bonds. The summed E-state index contributed by atoms with van der Waals surface area (Å²) >= 11 is 0. The minimum absolute atomic E-state index is 0.622.